The highest BCUT2D eigenvalue weighted by atomic mass is 16.5. The van der Waals surface area contributed by atoms with E-state index in [0.717, 1.165) is 19.4 Å². The molecule has 1 saturated carbocycles. The molecule has 0 unspecified atom stereocenters. The molecule has 1 aliphatic rings. The van der Waals surface area contributed by atoms with Gasteiger partial charge in [0.2, 0.25) is 0 Å². The molecule has 1 fully saturated rings. The van der Waals surface area contributed by atoms with Crippen LogP contribution < -0.4 is 5.73 Å². The predicted molar refractivity (Wildman–Crippen MR) is 52.1 cm³/mol. The molecule has 2 rings (SSSR count). The fraction of sp³-hybridized carbons (Fsp3) is 0.667. The van der Waals surface area contributed by atoms with E-state index >= 15 is 0 Å². The molecule has 0 aliphatic heterocycles. The van der Waals surface area contributed by atoms with Crippen molar-refractivity contribution in [3.63, 3.8) is 0 Å². The zero-order chi connectivity index (χ0) is 10.8. The first kappa shape index (κ1) is 10.1. The molecule has 0 bridgehead atoms. The summed E-state index contributed by atoms with van der Waals surface area (Å²) in [6.45, 7) is 0.775. The van der Waals surface area contributed by atoms with Crippen molar-refractivity contribution >= 4 is 5.97 Å². The van der Waals surface area contributed by atoms with Gasteiger partial charge in [-0.1, -0.05) is 5.21 Å². The summed E-state index contributed by atoms with van der Waals surface area (Å²) in [6.07, 6.45) is 3.65. The minimum Gasteiger partial charge on any atom is -0.464 e. The molecule has 0 radical (unpaired) electrons. The normalized spacial score (nSPS) is 24.7. The quantitative estimate of drug-likeness (QED) is 0.699. The lowest BCUT2D eigenvalue weighted by atomic mass is 9.81. The predicted octanol–water partition coefficient (Wildman–Crippen LogP) is -0.198. The van der Waals surface area contributed by atoms with Crippen molar-refractivity contribution in [1.82, 2.24) is 15.0 Å². The van der Waals surface area contributed by atoms with Gasteiger partial charge in [-0.3, -0.25) is 4.68 Å². The average Bonchev–Trinajstić information content (AvgIpc) is 2.63. The van der Waals surface area contributed by atoms with Crippen LogP contribution in [0.3, 0.4) is 0 Å². The molecule has 1 heterocycles. The fourth-order valence-electron chi connectivity index (χ4n) is 1.79. The van der Waals surface area contributed by atoms with Crippen LogP contribution in [-0.4, -0.2) is 34.1 Å². The van der Waals surface area contributed by atoms with Crippen LogP contribution in [0.5, 0.6) is 0 Å². The summed E-state index contributed by atoms with van der Waals surface area (Å²) in [4.78, 5) is 11.1. The van der Waals surface area contributed by atoms with Crippen LogP contribution >= 0.6 is 0 Å². The number of methoxy groups -OCH3 is 1. The fourth-order valence-corrected chi connectivity index (χ4v) is 1.79. The third-order valence-corrected chi connectivity index (χ3v) is 2.65. The number of esters is 1. The molecule has 0 spiro atoms. The van der Waals surface area contributed by atoms with Gasteiger partial charge in [-0.25, -0.2) is 4.79 Å². The van der Waals surface area contributed by atoms with Crippen LogP contribution in [0.4, 0.5) is 0 Å². The van der Waals surface area contributed by atoms with Gasteiger partial charge < -0.3 is 10.5 Å². The second-order valence-corrected chi connectivity index (χ2v) is 3.91. The van der Waals surface area contributed by atoms with Gasteiger partial charge in [0.05, 0.1) is 13.3 Å². The molecule has 15 heavy (non-hydrogen) atoms. The lowest BCUT2D eigenvalue weighted by molar-refractivity contribution is 0.0594. The molecule has 0 atom stereocenters. The summed E-state index contributed by atoms with van der Waals surface area (Å²) in [5, 5.41) is 7.58. The van der Waals surface area contributed by atoms with Gasteiger partial charge in [0.15, 0.2) is 5.69 Å². The number of rotatable bonds is 3. The van der Waals surface area contributed by atoms with E-state index in [1.807, 2.05) is 0 Å². The number of carbonyl (C=O) groups is 1. The Balaban J connectivity index is 1.92. The molecular weight excluding hydrogens is 196 g/mol. The number of carbonyl (C=O) groups excluding carboxylic acids is 1. The van der Waals surface area contributed by atoms with E-state index in [1.165, 1.54) is 7.11 Å². The first-order valence-electron chi connectivity index (χ1n) is 4.93. The van der Waals surface area contributed by atoms with E-state index < -0.39 is 5.97 Å². The maximum absolute atomic E-state index is 11.1. The number of aromatic nitrogens is 3. The first-order valence-corrected chi connectivity index (χ1v) is 4.93. The van der Waals surface area contributed by atoms with Crippen LogP contribution in [0.2, 0.25) is 0 Å². The number of hydrogen-bond donors (Lipinski definition) is 1. The third-order valence-electron chi connectivity index (χ3n) is 2.65. The SMILES string of the molecule is COC(=O)c1cn(CC2CC(N)C2)nn1. The lowest BCUT2D eigenvalue weighted by Crippen LogP contribution is -2.38. The standard InChI is InChI=1S/C9H14N4O2/c1-15-9(14)8-5-13(12-11-8)4-6-2-7(10)3-6/h5-7H,2-4,10H2,1H3. The van der Waals surface area contributed by atoms with Crippen molar-refractivity contribution in [3.8, 4) is 0 Å². The first-order chi connectivity index (χ1) is 7.19. The van der Waals surface area contributed by atoms with E-state index in [9.17, 15) is 4.79 Å². The minimum absolute atomic E-state index is 0.251. The Labute approximate surface area is 87.4 Å². The molecule has 1 aromatic heterocycles. The smallest absolute Gasteiger partial charge is 0.360 e. The summed E-state index contributed by atoms with van der Waals surface area (Å²) in [5.74, 6) is 0.110. The van der Waals surface area contributed by atoms with E-state index in [4.69, 9.17) is 5.73 Å². The Bertz CT molecular complexity index is 357. The van der Waals surface area contributed by atoms with Gasteiger partial charge in [0.25, 0.3) is 0 Å². The number of ether oxygens (including phenoxy) is 1. The van der Waals surface area contributed by atoms with E-state index in [1.54, 1.807) is 10.9 Å². The van der Waals surface area contributed by atoms with Gasteiger partial charge in [-0.2, -0.15) is 0 Å². The van der Waals surface area contributed by atoms with Crippen molar-refractivity contribution in [2.75, 3.05) is 7.11 Å². The van der Waals surface area contributed by atoms with Gasteiger partial charge >= 0.3 is 5.97 Å². The summed E-state index contributed by atoms with van der Waals surface area (Å²) in [6, 6.07) is 0.332. The Morgan fingerprint density at radius 2 is 2.47 bits per heavy atom. The van der Waals surface area contributed by atoms with Crippen LogP contribution in [0.25, 0.3) is 0 Å². The van der Waals surface area contributed by atoms with Gasteiger partial charge in [0, 0.05) is 12.6 Å². The molecule has 82 valence electrons. The molecule has 1 aliphatic carbocycles. The Morgan fingerprint density at radius 3 is 3.07 bits per heavy atom. The highest BCUT2D eigenvalue weighted by Gasteiger charge is 2.26. The second kappa shape index (κ2) is 3.98. The van der Waals surface area contributed by atoms with E-state index in [2.05, 4.69) is 15.0 Å². The largest absolute Gasteiger partial charge is 0.464 e. The van der Waals surface area contributed by atoms with Gasteiger partial charge in [-0.15, -0.1) is 5.10 Å². The van der Waals surface area contributed by atoms with Crippen LogP contribution in [0.15, 0.2) is 6.20 Å². The summed E-state index contributed by atoms with van der Waals surface area (Å²) < 4.78 is 6.21. The zero-order valence-corrected chi connectivity index (χ0v) is 8.59. The van der Waals surface area contributed by atoms with E-state index in [0.29, 0.717) is 12.0 Å². The summed E-state index contributed by atoms with van der Waals surface area (Å²) in [7, 11) is 1.33. The Hall–Kier alpha value is -1.43. The molecule has 1 aromatic rings. The highest BCUT2D eigenvalue weighted by Crippen LogP contribution is 2.26. The molecule has 0 amide bonds. The highest BCUT2D eigenvalue weighted by molar-refractivity contribution is 5.86. The summed E-state index contributed by atoms with van der Waals surface area (Å²) in [5.41, 5.74) is 5.93. The molecule has 6 nitrogen and oxygen atoms in total. The maximum atomic E-state index is 11.1. The summed E-state index contributed by atoms with van der Waals surface area (Å²) >= 11 is 0. The number of nitrogens with two attached hydrogens (primary N) is 1. The molecule has 6 heteroatoms. The second-order valence-electron chi connectivity index (χ2n) is 3.91. The van der Waals surface area contributed by atoms with Crippen LogP contribution in [0, 0.1) is 5.92 Å². The Kier molecular flexibility index (Phi) is 2.68. The van der Waals surface area contributed by atoms with Crippen molar-refractivity contribution in [3.05, 3.63) is 11.9 Å². The molecule has 0 aromatic carbocycles. The molecule has 0 saturated heterocycles. The minimum atomic E-state index is -0.452. The molecular formula is C9H14N4O2. The van der Waals surface area contributed by atoms with E-state index in [-0.39, 0.29) is 5.69 Å². The van der Waals surface area contributed by atoms with Crippen molar-refractivity contribution in [2.45, 2.75) is 25.4 Å². The number of nitrogens with zero attached hydrogens (tertiary/aromatic N) is 3. The zero-order valence-electron chi connectivity index (χ0n) is 8.59. The van der Waals surface area contributed by atoms with Crippen molar-refractivity contribution in [2.24, 2.45) is 11.7 Å². The Morgan fingerprint density at radius 1 is 1.73 bits per heavy atom. The monoisotopic (exact) mass is 210 g/mol. The molecule has 2 N–H and O–H groups in total. The van der Waals surface area contributed by atoms with Crippen LogP contribution in [-0.2, 0) is 11.3 Å². The van der Waals surface area contributed by atoms with Crippen molar-refractivity contribution < 1.29 is 9.53 Å². The van der Waals surface area contributed by atoms with Gasteiger partial charge in [-0.05, 0) is 18.8 Å². The lowest BCUT2D eigenvalue weighted by Gasteiger charge is -2.31. The van der Waals surface area contributed by atoms with Crippen LogP contribution in [0.1, 0.15) is 23.3 Å². The third kappa shape index (κ3) is 2.15. The van der Waals surface area contributed by atoms with Crippen molar-refractivity contribution in [1.29, 1.82) is 0 Å². The average molecular weight is 210 g/mol. The maximum Gasteiger partial charge on any atom is 0.360 e. The number of hydrogen-bond acceptors (Lipinski definition) is 5. The topological polar surface area (TPSA) is 83.0 Å². The van der Waals surface area contributed by atoms with Gasteiger partial charge in [0.1, 0.15) is 0 Å².